The standard InChI is InChI=1S/C65H86N12O29/c1-28(2)19-34(73-61(98)40-13-8-18-76(40)63(99)33(15-17-45(67)81)68-57(94)35(20-29-9-4-3-5-10-29)69-55(92)31-11-6-7-12-32(31)66)56(93)72-38(24-47(83)84)60(97)71-37(59(96)70-36(58(95)74-39(64(100)101)25-48(85)86)21-30-14-16-42(80)41(22-30)77(102)103)23-46(82)75-62-52(90)51(89)54(44(27-79)104-62)106-65-53(91)50(88)49(87)43(26-78)105-65/h3-7,9-12,14,16,22,28,33-40,43-44,49-54,62,65,78-80,87-91H,8,13,15,17-21,23-27,66H2,1-2H3,(H2,67,81)(H,68,94)(H,69,92)(H,70,96)(H,71,97)(H,72,93)(H,73,98)(H,74,95)(H,75,82)(H,83,84)(H,85,86)(H,100,101)/p+1/t33-,34-,35-,36-,37-,38-,39-,40-,43+,44+,49-,50-,51+,52+,53+,54+,62+,65-/m0/s1. The first kappa shape index (κ1) is 84.5. The van der Waals surface area contributed by atoms with E-state index >= 15 is 0 Å². The molecule has 3 saturated heterocycles. The quantitative estimate of drug-likeness (QED) is 0.0188. The molecule has 0 aromatic heterocycles. The van der Waals surface area contributed by atoms with Crippen LogP contribution in [0.5, 0.6) is 5.75 Å². The van der Waals surface area contributed by atoms with Gasteiger partial charge in [-0.15, -0.1) is 0 Å². The van der Waals surface area contributed by atoms with E-state index in [2.05, 4.69) is 43.0 Å². The number of quaternary nitrogens is 1. The summed E-state index contributed by atoms with van der Waals surface area (Å²) in [4.78, 5) is 190. The molecule has 6 rings (SSSR count). The van der Waals surface area contributed by atoms with Crippen molar-refractivity contribution in [2.45, 2.75) is 188 Å². The van der Waals surface area contributed by atoms with E-state index in [9.17, 15) is 129 Å². The number of nitrogens with two attached hydrogens (primary N) is 1. The molecule has 18 atom stereocenters. The van der Waals surface area contributed by atoms with Crippen LogP contribution in [0.4, 0.5) is 11.4 Å². The molecule has 0 unspecified atom stereocenters. The lowest BCUT2D eigenvalue weighted by molar-refractivity contribution is -0.385. The van der Waals surface area contributed by atoms with Crippen LogP contribution in [-0.4, -0.2) is 272 Å². The molecule has 3 aromatic carbocycles. The Labute approximate surface area is 601 Å². The number of phenols is 1. The van der Waals surface area contributed by atoms with Gasteiger partial charge in [-0.1, -0.05) is 62.4 Å². The summed E-state index contributed by atoms with van der Waals surface area (Å²) in [5, 5.41) is 143. The maximum Gasteiger partial charge on any atom is 0.326 e. The minimum absolute atomic E-state index is 0.0585. The molecule has 0 bridgehead atoms. The van der Waals surface area contributed by atoms with Crippen molar-refractivity contribution in [3.8, 4) is 5.75 Å². The number of nitro groups is 1. The number of aromatic hydroxyl groups is 1. The van der Waals surface area contributed by atoms with Crippen LogP contribution in [0, 0.1) is 16.0 Å². The SMILES string of the molecule is CC(C)C[C@H](NC(=O)[C@@H]1CCCN1C(=O)[C@H](CCC(N)=O)NC(=O)[C@H](Cc1ccccc1)NC(=O)c1ccccc1[NH3+])C(=O)N[C@@H](CC(=O)O)C(=O)N[C@@H](CC(=O)N[C@@H]1O[C@H](CO)[C@@H](O[C@@H]2O[C@H](CO)[C@H](O)[C@H](O)[C@H]2O)[C@H](O)[C@H]1O)C(=O)N[C@@H](Cc1ccc(O)c([N+](=O)[O-])c1)C(=O)N[C@@H](CC(=O)O)C(=O)O. The Morgan fingerprint density at radius 1 is 0.632 bits per heavy atom. The number of primary amides is 1. The zero-order chi connectivity index (χ0) is 78.5. The number of nitrogens with zero attached hydrogens (tertiary/aromatic N) is 2. The Morgan fingerprint density at radius 3 is 1.76 bits per heavy atom. The van der Waals surface area contributed by atoms with Crippen molar-refractivity contribution in [2.75, 3.05) is 19.8 Å². The van der Waals surface area contributed by atoms with E-state index in [1.165, 1.54) is 6.07 Å². The van der Waals surface area contributed by atoms with E-state index in [1.807, 2.05) is 5.32 Å². The molecule has 10 amide bonds. The van der Waals surface area contributed by atoms with Gasteiger partial charge in [0.15, 0.2) is 18.3 Å². The summed E-state index contributed by atoms with van der Waals surface area (Å²) in [6.45, 7) is 0.995. The number of carbonyl (C=O) groups is 13. The van der Waals surface area contributed by atoms with Gasteiger partial charge in [0.05, 0.1) is 43.0 Å². The van der Waals surface area contributed by atoms with Gasteiger partial charge in [-0.2, -0.15) is 0 Å². The summed E-state index contributed by atoms with van der Waals surface area (Å²) in [7, 11) is 0. The number of likely N-dealkylation sites (tertiary alicyclic amines) is 1. The second kappa shape index (κ2) is 39.0. The summed E-state index contributed by atoms with van der Waals surface area (Å²) in [6, 6.07) is 2.04. The highest BCUT2D eigenvalue weighted by Gasteiger charge is 2.51. The van der Waals surface area contributed by atoms with E-state index in [0.717, 1.165) is 17.0 Å². The molecule has 3 heterocycles. The van der Waals surface area contributed by atoms with E-state index in [4.69, 9.17) is 19.9 Å². The molecule has 0 aliphatic carbocycles. The van der Waals surface area contributed by atoms with Gasteiger partial charge >= 0.3 is 23.6 Å². The summed E-state index contributed by atoms with van der Waals surface area (Å²) >= 11 is 0. The number of amides is 10. The first-order valence-corrected chi connectivity index (χ1v) is 33.2. The zero-order valence-electron chi connectivity index (χ0n) is 57.0. The number of hydrogen-bond donors (Lipinski definition) is 21. The normalized spacial score (nSPS) is 23.3. The van der Waals surface area contributed by atoms with Gasteiger partial charge in [0.2, 0.25) is 53.2 Å². The molecular formula is C65H87N12O29+. The minimum Gasteiger partial charge on any atom is -0.502 e. The van der Waals surface area contributed by atoms with Crippen LogP contribution in [0.1, 0.15) is 86.7 Å². The van der Waals surface area contributed by atoms with Crippen LogP contribution in [-0.2, 0) is 84.6 Å². The smallest absolute Gasteiger partial charge is 0.326 e. The predicted octanol–water partition coefficient (Wildman–Crippen LogP) is -7.87. The summed E-state index contributed by atoms with van der Waals surface area (Å²) in [5.74, 6) is -18.8. The monoisotopic (exact) mass is 1500 g/mol. The Kier molecular flexibility index (Phi) is 31.1. The Hall–Kier alpha value is -10.5. The van der Waals surface area contributed by atoms with E-state index in [-0.39, 0.29) is 43.4 Å². The van der Waals surface area contributed by atoms with Crippen LogP contribution in [0.15, 0.2) is 72.8 Å². The van der Waals surface area contributed by atoms with Gasteiger partial charge in [-0.05, 0) is 60.9 Å². The molecule has 3 aliphatic heterocycles. The third-order valence-electron chi connectivity index (χ3n) is 17.3. The van der Waals surface area contributed by atoms with Crippen molar-refractivity contribution in [3.05, 3.63) is 99.6 Å². The number of aliphatic hydroxyl groups is 7. The Morgan fingerprint density at radius 2 is 1.18 bits per heavy atom. The zero-order valence-corrected chi connectivity index (χ0v) is 57.0. The maximum absolute atomic E-state index is 14.7. The molecule has 41 heteroatoms. The average molecular weight is 1500 g/mol. The first-order valence-electron chi connectivity index (χ1n) is 33.2. The highest BCUT2D eigenvalue weighted by Crippen LogP contribution is 2.31. The van der Waals surface area contributed by atoms with E-state index in [0.29, 0.717) is 17.3 Å². The topological polar surface area (TPSA) is 668 Å². The molecule has 24 N–H and O–H groups in total. The lowest BCUT2D eigenvalue weighted by Crippen LogP contribution is -2.67. The van der Waals surface area contributed by atoms with Crippen LogP contribution in [0.25, 0.3) is 0 Å². The number of nitro benzene ring substituents is 1. The molecule has 3 aliphatic rings. The summed E-state index contributed by atoms with van der Waals surface area (Å²) in [6.07, 6.45) is -26.0. The van der Waals surface area contributed by atoms with Crippen molar-refractivity contribution in [1.29, 1.82) is 0 Å². The number of carboxylic acid groups (broad SMARTS) is 3. The number of aliphatic hydroxyl groups excluding tert-OH is 7. The van der Waals surface area contributed by atoms with Gasteiger partial charge in [0.1, 0.15) is 103 Å². The number of rotatable bonds is 37. The van der Waals surface area contributed by atoms with E-state index < -0.39 is 261 Å². The third-order valence-corrected chi connectivity index (χ3v) is 17.3. The number of phenolic OH excluding ortho intramolecular Hbond substituents is 1. The fraction of sp³-hybridized carbons (Fsp3) is 0.523. The fourth-order valence-corrected chi connectivity index (χ4v) is 11.8. The lowest BCUT2D eigenvalue weighted by Gasteiger charge is -2.46. The molecule has 3 fully saturated rings. The highest BCUT2D eigenvalue weighted by atomic mass is 16.7. The first-order chi connectivity index (χ1) is 50.0. The molecule has 0 spiro atoms. The fourth-order valence-electron chi connectivity index (χ4n) is 11.8. The molecule has 0 radical (unpaired) electrons. The average Bonchev–Trinajstić information content (AvgIpc) is 1.03. The number of aliphatic carboxylic acids is 3. The van der Waals surface area contributed by atoms with Gasteiger partial charge in [-0.3, -0.25) is 67.6 Å². The highest BCUT2D eigenvalue weighted by molar-refractivity contribution is 6.02. The Bertz CT molecular complexity index is 3680. The van der Waals surface area contributed by atoms with E-state index in [1.54, 1.807) is 62.4 Å². The predicted molar refractivity (Wildman–Crippen MR) is 354 cm³/mol. The third kappa shape index (κ3) is 23.5. The summed E-state index contributed by atoms with van der Waals surface area (Å²) < 4.78 is 16.5. The number of carboxylic acids is 3. The molecule has 3 aromatic rings. The van der Waals surface area contributed by atoms with Gasteiger partial charge in [-0.25, -0.2) is 4.79 Å². The van der Waals surface area contributed by atoms with Crippen molar-refractivity contribution in [2.24, 2.45) is 11.7 Å². The summed E-state index contributed by atoms with van der Waals surface area (Å²) in [5.41, 5.74) is 9.21. The van der Waals surface area contributed by atoms with Gasteiger partial charge < -0.3 is 129 Å². The number of ether oxygens (including phenoxy) is 3. The number of benzene rings is 3. The van der Waals surface area contributed by atoms with Gasteiger partial charge in [0.25, 0.3) is 5.91 Å². The van der Waals surface area contributed by atoms with Crippen molar-refractivity contribution < 1.29 is 143 Å². The number of nitrogens with one attached hydrogen (secondary N) is 8. The van der Waals surface area contributed by atoms with Crippen molar-refractivity contribution >= 4 is 88.4 Å². The maximum atomic E-state index is 14.7. The molecule has 106 heavy (non-hydrogen) atoms. The molecule has 580 valence electrons. The number of hydrogen-bond acceptors (Lipinski definition) is 26. The minimum atomic E-state index is -2.46. The van der Waals surface area contributed by atoms with Crippen LogP contribution in [0.2, 0.25) is 0 Å². The largest absolute Gasteiger partial charge is 0.502 e. The molecule has 0 saturated carbocycles. The van der Waals surface area contributed by atoms with Gasteiger partial charge in [0, 0.05) is 31.9 Å². The van der Waals surface area contributed by atoms with Crippen LogP contribution >= 0.6 is 0 Å². The Balaban J connectivity index is 1.28. The van der Waals surface area contributed by atoms with Crippen LogP contribution < -0.4 is 54.0 Å². The van der Waals surface area contributed by atoms with Crippen molar-refractivity contribution in [3.63, 3.8) is 0 Å². The second-order valence-electron chi connectivity index (χ2n) is 25.7. The molecule has 41 nitrogen and oxygen atoms in total. The molecular weight excluding hydrogens is 1410 g/mol. The van der Waals surface area contributed by atoms with Crippen molar-refractivity contribution in [1.82, 2.24) is 47.4 Å². The number of carbonyl (C=O) groups excluding carboxylic acids is 10. The second-order valence-corrected chi connectivity index (χ2v) is 25.7. The lowest BCUT2D eigenvalue weighted by atomic mass is 9.96. The van der Waals surface area contributed by atoms with Crippen LogP contribution in [0.3, 0.4) is 0 Å².